The number of fused-ring (bicyclic) bond motifs is 2. The van der Waals surface area contributed by atoms with Crippen LogP contribution >= 0.6 is 0 Å². The molecule has 0 aromatic rings. The van der Waals surface area contributed by atoms with E-state index in [4.69, 9.17) is 0 Å². The molecular formula is C16H30N2. The van der Waals surface area contributed by atoms with Gasteiger partial charge >= 0.3 is 0 Å². The average Bonchev–Trinajstić information content (AvgIpc) is 2.89. The highest BCUT2D eigenvalue weighted by Crippen LogP contribution is 2.62. The molecule has 3 rings (SSSR count). The van der Waals surface area contributed by atoms with Crippen LogP contribution in [0.2, 0.25) is 0 Å². The summed E-state index contributed by atoms with van der Waals surface area (Å²) in [6, 6.07) is 0.745. The maximum Gasteiger partial charge on any atom is 0.0175 e. The molecule has 2 saturated carbocycles. The van der Waals surface area contributed by atoms with Gasteiger partial charge in [-0.2, -0.15) is 0 Å². The van der Waals surface area contributed by atoms with Gasteiger partial charge in [0.1, 0.15) is 0 Å². The van der Waals surface area contributed by atoms with Gasteiger partial charge in [0.15, 0.2) is 0 Å². The van der Waals surface area contributed by atoms with Crippen molar-refractivity contribution in [1.29, 1.82) is 0 Å². The lowest BCUT2D eigenvalue weighted by atomic mass is 9.68. The van der Waals surface area contributed by atoms with E-state index in [0.717, 1.165) is 17.9 Å². The molecule has 0 amide bonds. The molecule has 3 fully saturated rings. The fourth-order valence-corrected chi connectivity index (χ4v) is 5.29. The van der Waals surface area contributed by atoms with Crippen molar-refractivity contribution >= 4 is 0 Å². The average molecular weight is 250 g/mol. The number of nitrogens with zero attached hydrogens (tertiary/aromatic N) is 1. The van der Waals surface area contributed by atoms with E-state index in [0.29, 0.717) is 10.8 Å². The van der Waals surface area contributed by atoms with E-state index in [2.05, 4.69) is 38.0 Å². The summed E-state index contributed by atoms with van der Waals surface area (Å²) in [4.78, 5) is 2.47. The molecule has 2 nitrogen and oxygen atoms in total. The molecule has 18 heavy (non-hydrogen) atoms. The predicted octanol–water partition coefficient (Wildman–Crippen LogP) is 2.74. The van der Waals surface area contributed by atoms with E-state index >= 15 is 0 Å². The summed E-state index contributed by atoms with van der Waals surface area (Å²) < 4.78 is 0. The smallest absolute Gasteiger partial charge is 0.0175 e. The summed E-state index contributed by atoms with van der Waals surface area (Å²) >= 11 is 0. The van der Waals surface area contributed by atoms with Gasteiger partial charge in [-0.05, 0) is 68.5 Å². The molecule has 0 aromatic heterocycles. The van der Waals surface area contributed by atoms with Crippen LogP contribution in [0.3, 0.4) is 0 Å². The van der Waals surface area contributed by atoms with Crippen LogP contribution in [-0.4, -0.2) is 37.6 Å². The van der Waals surface area contributed by atoms with Crippen molar-refractivity contribution in [3.05, 3.63) is 0 Å². The zero-order valence-corrected chi connectivity index (χ0v) is 12.6. The van der Waals surface area contributed by atoms with Gasteiger partial charge in [-0.25, -0.2) is 0 Å². The van der Waals surface area contributed by atoms with Crippen LogP contribution in [0.15, 0.2) is 0 Å². The Kier molecular flexibility index (Phi) is 3.02. The maximum atomic E-state index is 3.98. The molecule has 2 heteroatoms. The number of rotatable bonds is 3. The van der Waals surface area contributed by atoms with Gasteiger partial charge < -0.3 is 10.2 Å². The van der Waals surface area contributed by atoms with E-state index in [1.165, 1.54) is 45.3 Å². The van der Waals surface area contributed by atoms with E-state index in [1.54, 1.807) is 0 Å². The molecule has 2 aliphatic carbocycles. The summed E-state index contributed by atoms with van der Waals surface area (Å²) in [7, 11) is 2.25. The lowest BCUT2D eigenvalue weighted by Gasteiger charge is -2.43. The Balaban J connectivity index is 1.62. The highest BCUT2D eigenvalue weighted by atomic mass is 15.1. The lowest BCUT2D eigenvalue weighted by molar-refractivity contribution is 0.105. The van der Waals surface area contributed by atoms with Crippen LogP contribution in [0.1, 0.15) is 46.5 Å². The summed E-state index contributed by atoms with van der Waals surface area (Å²) in [6.07, 6.45) is 5.76. The second-order valence-corrected chi connectivity index (χ2v) is 8.17. The van der Waals surface area contributed by atoms with E-state index in [1.807, 2.05) is 0 Å². The first kappa shape index (κ1) is 12.9. The lowest BCUT2D eigenvalue weighted by Crippen LogP contribution is -2.51. The monoisotopic (exact) mass is 250 g/mol. The Labute approximate surface area is 113 Å². The molecule has 1 N–H and O–H groups in total. The first-order valence-corrected chi connectivity index (χ1v) is 7.84. The third-order valence-corrected chi connectivity index (χ3v) is 6.37. The molecule has 0 radical (unpaired) electrons. The molecule has 2 unspecified atom stereocenters. The van der Waals surface area contributed by atoms with Gasteiger partial charge in [-0.15, -0.1) is 0 Å². The van der Waals surface area contributed by atoms with Crippen LogP contribution in [-0.2, 0) is 0 Å². The standard InChI is InChI=1S/C16H30N2/c1-15(2)13-5-7-16(3,9-13)14(15)17-10-12-6-8-18(4)11-12/h12-14,17H,5-11H2,1-4H3/t12?,13-,14?,16+/m0/s1. The SMILES string of the molecule is CN1CCC(CNC2C(C)(C)[C@H]3CC[C@]2(C)C3)C1. The van der Waals surface area contributed by atoms with Crippen molar-refractivity contribution in [2.75, 3.05) is 26.7 Å². The third kappa shape index (κ3) is 1.92. The Morgan fingerprint density at radius 2 is 2.00 bits per heavy atom. The van der Waals surface area contributed by atoms with Crippen LogP contribution in [0.4, 0.5) is 0 Å². The molecule has 1 aliphatic heterocycles. The Bertz CT molecular complexity index is 320. The van der Waals surface area contributed by atoms with Gasteiger partial charge in [0.25, 0.3) is 0 Å². The summed E-state index contributed by atoms with van der Waals surface area (Å²) in [6.45, 7) is 11.3. The zero-order valence-electron chi connectivity index (χ0n) is 12.6. The molecule has 4 atom stereocenters. The molecule has 2 bridgehead atoms. The Hall–Kier alpha value is -0.0800. The van der Waals surface area contributed by atoms with Gasteiger partial charge in [-0.3, -0.25) is 0 Å². The Morgan fingerprint density at radius 3 is 2.56 bits per heavy atom. The minimum absolute atomic E-state index is 0.511. The normalized spacial score (nSPS) is 47.0. The molecule has 104 valence electrons. The van der Waals surface area contributed by atoms with Crippen molar-refractivity contribution in [2.24, 2.45) is 22.7 Å². The number of hydrogen-bond donors (Lipinski definition) is 1. The predicted molar refractivity (Wildman–Crippen MR) is 76.6 cm³/mol. The highest BCUT2D eigenvalue weighted by Gasteiger charge is 2.58. The third-order valence-electron chi connectivity index (χ3n) is 6.37. The van der Waals surface area contributed by atoms with Crippen molar-refractivity contribution in [3.63, 3.8) is 0 Å². The van der Waals surface area contributed by atoms with Crippen LogP contribution in [0.25, 0.3) is 0 Å². The fraction of sp³-hybridized carbons (Fsp3) is 1.00. The van der Waals surface area contributed by atoms with Crippen molar-refractivity contribution in [1.82, 2.24) is 10.2 Å². The summed E-state index contributed by atoms with van der Waals surface area (Å²) in [5.74, 6) is 1.85. The zero-order chi connectivity index (χ0) is 13.0. The first-order chi connectivity index (χ1) is 8.42. The molecule has 3 aliphatic rings. The van der Waals surface area contributed by atoms with E-state index < -0.39 is 0 Å². The summed E-state index contributed by atoms with van der Waals surface area (Å²) in [5.41, 5.74) is 1.09. The first-order valence-electron chi connectivity index (χ1n) is 7.84. The van der Waals surface area contributed by atoms with Crippen LogP contribution in [0.5, 0.6) is 0 Å². The number of hydrogen-bond acceptors (Lipinski definition) is 2. The van der Waals surface area contributed by atoms with E-state index in [9.17, 15) is 0 Å². The van der Waals surface area contributed by atoms with Gasteiger partial charge in [-0.1, -0.05) is 20.8 Å². The highest BCUT2D eigenvalue weighted by molar-refractivity contribution is 5.12. The molecule has 0 spiro atoms. The van der Waals surface area contributed by atoms with Gasteiger partial charge in [0.2, 0.25) is 0 Å². The summed E-state index contributed by atoms with van der Waals surface area (Å²) in [5, 5.41) is 3.98. The van der Waals surface area contributed by atoms with Crippen molar-refractivity contribution < 1.29 is 0 Å². The number of nitrogens with one attached hydrogen (secondary N) is 1. The quantitative estimate of drug-likeness (QED) is 0.828. The maximum absolute atomic E-state index is 3.98. The van der Waals surface area contributed by atoms with Crippen LogP contribution in [0, 0.1) is 22.7 Å². The molecule has 1 heterocycles. The number of likely N-dealkylation sites (tertiary alicyclic amines) is 1. The topological polar surface area (TPSA) is 15.3 Å². The van der Waals surface area contributed by atoms with Crippen molar-refractivity contribution in [3.8, 4) is 0 Å². The molecule has 0 aromatic carbocycles. The van der Waals surface area contributed by atoms with Gasteiger partial charge in [0, 0.05) is 12.6 Å². The van der Waals surface area contributed by atoms with E-state index in [-0.39, 0.29) is 0 Å². The molecule has 1 saturated heterocycles. The largest absolute Gasteiger partial charge is 0.313 e. The molecular weight excluding hydrogens is 220 g/mol. The van der Waals surface area contributed by atoms with Crippen molar-refractivity contribution in [2.45, 2.75) is 52.5 Å². The minimum atomic E-state index is 0.511. The Morgan fingerprint density at radius 1 is 1.22 bits per heavy atom. The van der Waals surface area contributed by atoms with Crippen LogP contribution < -0.4 is 5.32 Å². The van der Waals surface area contributed by atoms with Gasteiger partial charge in [0.05, 0.1) is 0 Å². The minimum Gasteiger partial charge on any atom is -0.313 e. The fourth-order valence-electron chi connectivity index (χ4n) is 5.29. The second kappa shape index (κ2) is 4.21. The second-order valence-electron chi connectivity index (χ2n) is 8.17.